The lowest BCUT2D eigenvalue weighted by Gasteiger charge is -2.15. The summed E-state index contributed by atoms with van der Waals surface area (Å²) in [7, 11) is 0. The summed E-state index contributed by atoms with van der Waals surface area (Å²) in [5, 5.41) is 3.75. The van der Waals surface area contributed by atoms with Crippen molar-refractivity contribution in [2.75, 3.05) is 18.5 Å². The molecule has 0 saturated carbocycles. The number of hydrogen-bond donors (Lipinski definition) is 1. The molecule has 0 aromatic heterocycles. The lowest BCUT2D eigenvalue weighted by atomic mass is 10.2. The van der Waals surface area contributed by atoms with Gasteiger partial charge in [0.05, 0.1) is 18.2 Å². The Morgan fingerprint density at radius 1 is 1.09 bits per heavy atom. The molecule has 1 N–H and O–H groups in total. The Kier molecular flexibility index (Phi) is 6.53. The van der Waals surface area contributed by atoms with E-state index >= 15 is 0 Å². The van der Waals surface area contributed by atoms with E-state index in [0.29, 0.717) is 36.3 Å². The summed E-state index contributed by atoms with van der Waals surface area (Å²) in [6.45, 7) is 5.64. The fraction of sp³-hybridized carbons (Fsp3) is 0.333. The minimum atomic E-state index is -0.255. The van der Waals surface area contributed by atoms with Crippen LogP contribution in [0.4, 0.5) is 10.1 Å². The SMILES string of the molecule is CCCOc1c(Cl)cc(CNc2ccc(F)cc2)cc1OCC. The van der Waals surface area contributed by atoms with E-state index in [-0.39, 0.29) is 5.82 Å². The minimum absolute atomic E-state index is 0.255. The second kappa shape index (κ2) is 8.63. The van der Waals surface area contributed by atoms with Crippen molar-refractivity contribution in [3.05, 3.63) is 52.8 Å². The van der Waals surface area contributed by atoms with Crippen molar-refractivity contribution >= 4 is 17.3 Å². The minimum Gasteiger partial charge on any atom is -0.490 e. The molecular weight excluding hydrogens is 317 g/mol. The summed E-state index contributed by atoms with van der Waals surface area (Å²) in [4.78, 5) is 0. The summed E-state index contributed by atoms with van der Waals surface area (Å²) in [5.41, 5.74) is 1.80. The molecule has 0 aliphatic carbocycles. The van der Waals surface area contributed by atoms with Crippen LogP contribution in [0.25, 0.3) is 0 Å². The molecular formula is C18H21ClFNO2. The zero-order valence-electron chi connectivity index (χ0n) is 13.4. The first-order valence-corrected chi connectivity index (χ1v) is 8.09. The van der Waals surface area contributed by atoms with Crippen LogP contribution in [0.3, 0.4) is 0 Å². The molecule has 2 aromatic rings. The first kappa shape index (κ1) is 17.4. The number of halogens is 2. The van der Waals surface area contributed by atoms with Crippen LogP contribution in [0.2, 0.25) is 5.02 Å². The summed E-state index contributed by atoms with van der Waals surface area (Å²) >= 11 is 6.33. The highest BCUT2D eigenvalue weighted by Crippen LogP contribution is 2.37. The van der Waals surface area contributed by atoms with Crippen LogP contribution in [0.1, 0.15) is 25.8 Å². The van der Waals surface area contributed by atoms with Crippen molar-refractivity contribution in [2.24, 2.45) is 0 Å². The summed E-state index contributed by atoms with van der Waals surface area (Å²) < 4.78 is 24.2. The topological polar surface area (TPSA) is 30.5 Å². The molecule has 0 spiro atoms. The second-order valence-corrected chi connectivity index (χ2v) is 5.45. The van der Waals surface area contributed by atoms with Gasteiger partial charge in [-0.1, -0.05) is 18.5 Å². The Morgan fingerprint density at radius 3 is 2.48 bits per heavy atom. The Balaban J connectivity index is 2.13. The number of anilines is 1. The Bertz CT molecular complexity index is 632. The van der Waals surface area contributed by atoms with Crippen molar-refractivity contribution in [1.82, 2.24) is 0 Å². The van der Waals surface area contributed by atoms with Crippen LogP contribution in [0.5, 0.6) is 11.5 Å². The van der Waals surface area contributed by atoms with Crippen LogP contribution in [0.15, 0.2) is 36.4 Å². The number of hydrogen-bond acceptors (Lipinski definition) is 3. The van der Waals surface area contributed by atoms with Gasteiger partial charge in [-0.05, 0) is 55.3 Å². The van der Waals surface area contributed by atoms with E-state index in [1.807, 2.05) is 26.0 Å². The summed E-state index contributed by atoms with van der Waals surface area (Å²) in [6.07, 6.45) is 0.899. The largest absolute Gasteiger partial charge is 0.490 e. The molecule has 0 unspecified atom stereocenters. The lowest BCUT2D eigenvalue weighted by Crippen LogP contribution is -2.04. The fourth-order valence-corrected chi connectivity index (χ4v) is 2.39. The van der Waals surface area contributed by atoms with Gasteiger partial charge in [0.15, 0.2) is 11.5 Å². The molecule has 0 atom stereocenters. The van der Waals surface area contributed by atoms with Crippen LogP contribution >= 0.6 is 11.6 Å². The molecule has 5 heteroatoms. The van der Waals surface area contributed by atoms with Gasteiger partial charge in [-0.15, -0.1) is 0 Å². The highest BCUT2D eigenvalue weighted by molar-refractivity contribution is 6.32. The zero-order chi connectivity index (χ0) is 16.7. The smallest absolute Gasteiger partial charge is 0.179 e. The van der Waals surface area contributed by atoms with Gasteiger partial charge in [0, 0.05) is 12.2 Å². The number of nitrogens with one attached hydrogen (secondary N) is 1. The molecule has 0 saturated heterocycles. The van der Waals surface area contributed by atoms with Gasteiger partial charge in [-0.25, -0.2) is 4.39 Å². The van der Waals surface area contributed by atoms with Gasteiger partial charge in [0.2, 0.25) is 0 Å². The average molecular weight is 338 g/mol. The highest BCUT2D eigenvalue weighted by Gasteiger charge is 2.12. The first-order chi connectivity index (χ1) is 11.1. The first-order valence-electron chi connectivity index (χ1n) is 7.71. The monoisotopic (exact) mass is 337 g/mol. The van der Waals surface area contributed by atoms with Crippen LogP contribution in [0, 0.1) is 5.82 Å². The van der Waals surface area contributed by atoms with Gasteiger partial charge >= 0.3 is 0 Å². The maximum atomic E-state index is 12.9. The third kappa shape index (κ3) is 5.03. The maximum absolute atomic E-state index is 12.9. The summed E-state index contributed by atoms with van der Waals surface area (Å²) in [5.74, 6) is 0.972. The normalized spacial score (nSPS) is 10.4. The summed E-state index contributed by atoms with van der Waals surface area (Å²) in [6, 6.07) is 9.99. The molecule has 0 heterocycles. The van der Waals surface area contributed by atoms with Crippen LogP contribution in [-0.4, -0.2) is 13.2 Å². The third-order valence-electron chi connectivity index (χ3n) is 3.16. The van der Waals surface area contributed by atoms with Gasteiger partial charge in [0.25, 0.3) is 0 Å². The number of rotatable bonds is 8. The molecule has 0 fully saturated rings. The van der Waals surface area contributed by atoms with E-state index < -0.39 is 0 Å². The molecule has 0 amide bonds. The van der Waals surface area contributed by atoms with Crippen molar-refractivity contribution in [3.63, 3.8) is 0 Å². The third-order valence-corrected chi connectivity index (χ3v) is 3.44. The Labute approximate surface area is 141 Å². The Morgan fingerprint density at radius 2 is 1.83 bits per heavy atom. The lowest BCUT2D eigenvalue weighted by molar-refractivity contribution is 0.277. The van der Waals surface area contributed by atoms with Gasteiger partial charge in [0.1, 0.15) is 5.82 Å². The van der Waals surface area contributed by atoms with Gasteiger partial charge in [-0.3, -0.25) is 0 Å². The molecule has 23 heavy (non-hydrogen) atoms. The number of benzene rings is 2. The predicted molar refractivity (Wildman–Crippen MR) is 92.1 cm³/mol. The van der Waals surface area contributed by atoms with Crippen molar-refractivity contribution < 1.29 is 13.9 Å². The molecule has 3 nitrogen and oxygen atoms in total. The standard InChI is InChI=1S/C18H21ClFNO2/c1-3-9-23-18-16(19)10-13(11-17(18)22-4-2)12-21-15-7-5-14(20)6-8-15/h5-8,10-11,21H,3-4,9,12H2,1-2H3. The fourth-order valence-electron chi connectivity index (χ4n) is 2.10. The molecule has 0 bridgehead atoms. The van der Waals surface area contributed by atoms with Crippen molar-refractivity contribution in [3.8, 4) is 11.5 Å². The maximum Gasteiger partial charge on any atom is 0.179 e. The average Bonchev–Trinajstić information content (AvgIpc) is 2.54. The quantitative estimate of drug-likeness (QED) is 0.711. The van der Waals surface area contributed by atoms with Gasteiger partial charge < -0.3 is 14.8 Å². The predicted octanol–water partition coefficient (Wildman–Crippen LogP) is 5.28. The molecule has 124 valence electrons. The van der Waals surface area contributed by atoms with E-state index in [1.165, 1.54) is 12.1 Å². The van der Waals surface area contributed by atoms with Crippen molar-refractivity contribution in [2.45, 2.75) is 26.8 Å². The van der Waals surface area contributed by atoms with E-state index in [1.54, 1.807) is 12.1 Å². The molecule has 2 aromatic carbocycles. The second-order valence-electron chi connectivity index (χ2n) is 5.05. The Hall–Kier alpha value is -1.94. The van der Waals surface area contributed by atoms with E-state index in [0.717, 1.165) is 17.7 Å². The molecule has 0 aliphatic heterocycles. The van der Waals surface area contributed by atoms with Crippen LogP contribution < -0.4 is 14.8 Å². The zero-order valence-corrected chi connectivity index (χ0v) is 14.1. The molecule has 0 radical (unpaired) electrons. The van der Waals surface area contributed by atoms with Gasteiger partial charge in [-0.2, -0.15) is 0 Å². The van der Waals surface area contributed by atoms with E-state index in [4.69, 9.17) is 21.1 Å². The number of ether oxygens (including phenoxy) is 2. The van der Waals surface area contributed by atoms with E-state index in [9.17, 15) is 4.39 Å². The highest BCUT2D eigenvalue weighted by atomic mass is 35.5. The molecule has 2 rings (SSSR count). The van der Waals surface area contributed by atoms with Crippen LogP contribution in [-0.2, 0) is 6.54 Å². The van der Waals surface area contributed by atoms with Crippen molar-refractivity contribution in [1.29, 1.82) is 0 Å². The van der Waals surface area contributed by atoms with E-state index in [2.05, 4.69) is 5.32 Å². The molecule has 0 aliphatic rings.